The van der Waals surface area contributed by atoms with Crippen LogP contribution in [0.3, 0.4) is 0 Å². The molecule has 0 unspecified atom stereocenters. The van der Waals surface area contributed by atoms with Crippen molar-refractivity contribution in [3.05, 3.63) is 113 Å². The van der Waals surface area contributed by atoms with Gasteiger partial charge in [0.25, 0.3) is 11.8 Å². The first-order valence-corrected chi connectivity index (χ1v) is 12.5. The van der Waals surface area contributed by atoms with Crippen LogP contribution >= 0.6 is 11.8 Å². The lowest BCUT2D eigenvalue weighted by atomic mass is 10.1. The average molecular weight is 531 g/mol. The van der Waals surface area contributed by atoms with E-state index in [1.165, 1.54) is 36.0 Å². The van der Waals surface area contributed by atoms with Crippen molar-refractivity contribution in [1.82, 2.24) is 10.5 Å². The van der Waals surface area contributed by atoms with E-state index >= 15 is 0 Å². The highest BCUT2D eigenvalue weighted by Crippen LogP contribution is 2.23. The number of amides is 3. The first-order chi connectivity index (χ1) is 18.4. The number of benzene rings is 3. The summed E-state index contributed by atoms with van der Waals surface area (Å²) < 4.78 is 19.2. The summed E-state index contributed by atoms with van der Waals surface area (Å²) in [4.78, 5) is 38.9. The van der Waals surface area contributed by atoms with E-state index in [-0.39, 0.29) is 22.9 Å². The number of nitrogens with zero attached hydrogens (tertiary/aromatic N) is 1. The van der Waals surface area contributed by atoms with Crippen LogP contribution in [0.25, 0.3) is 6.08 Å². The summed E-state index contributed by atoms with van der Waals surface area (Å²) in [5.41, 5.74) is 0.783. The minimum absolute atomic E-state index is 0.106. The van der Waals surface area contributed by atoms with Gasteiger partial charge in [0, 0.05) is 27.8 Å². The number of thioether (sulfide) groups is 1. The molecule has 0 spiro atoms. The average Bonchev–Trinajstić information content (AvgIpc) is 3.33. The standard InChI is InChI=1S/C28H23FN4O4S/c1-18-14-25(33-37-18)32-26(34)17-38-22-12-7-11-21(16-22)30-28(36)24(15-20-10-5-6-13-23(20)29)31-27(35)19-8-3-2-4-9-19/h2-16H,17H2,1H3,(H,30,36)(H,31,35)(H,32,33,34)/b24-15-. The van der Waals surface area contributed by atoms with Crippen molar-refractivity contribution >= 4 is 47.1 Å². The lowest BCUT2D eigenvalue weighted by Gasteiger charge is -2.12. The molecule has 192 valence electrons. The largest absolute Gasteiger partial charge is 0.360 e. The van der Waals surface area contributed by atoms with Crippen molar-refractivity contribution < 1.29 is 23.3 Å². The quantitative estimate of drug-likeness (QED) is 0.201. The minimum atomic E-state index is -0.640. The highest BCUT2D eigenvalue weighted by Gasteiger charge is 2.16. The molecule has 0 saturated heterocycles. The molecule has 4 aromatic rings. The summed E-state index contributed by atoms with van der Waals surface area (Å²) in [5, 5.41) is 11.7. The highest BCUT2D eigenvalue weighted by atomic mass is 32.2. The number of hydrogen-bond donors (Lipinski definition) is 3. The van der Waals surface area contributed by atoms with Crippen LogP contribution in [0.4, 0.5) is 15.9 Å². The molecule has 3 amide bonds. The van der Waals surface area contributed by atoms with Crippen LogP contribution in [0.15, 0.2) is 100 Å². The van der Waals surface area contributed by atoms with Gasteiger partial charge in [0.2, 0.25) is 5.91 Å². The van der Waals surface area contributed by atoms with Crippen molar-refractivity contribution in [2.45, 2.75) is 11.8 Å². The molecule has 10 heteroatoms. The molecule has 3 aromatic carbocycles. The number of carbonyl (C=O) groups is 3. The molecule has 0 fully saturated rings. The van der Waals surface area contributed by atoms with E-state index in [4.69, 9.17) is 4.52 Å². The molecule has 0 aliphatic heterocycles. The van der Waals surface area contributed by atoms with Crippen LogP contribution in [-0.4, -0.2) is 28.6 Å². The second-order valence-corrected chi connectivity index (χ2v) is 9.09. The van der Waals surface area contributed by atoms with Gasteiger partial charge in [-0.1, -0.05) is 47.6 Å². The van der Waals surface area contributed by atoms with Gasteiger partial charge in [-0.25, -0.2) is 4.39 Å². The maximum Gasteiger partial charge on any atom is 0.272 e. The van der Waals surface area contributed by atoms with Gasteiger partial charge in [0.1, 0.15) is 17.3 Å². The number of halogens is 1. The van der Waals surface area contributed by atoms with Crippen molar-refractivity contribution in [2.75, 3.05) is 16.4 Å². The van der Waals surface area contributed by atoms with Gasteiger partial charge in [0.05, 0.1) is 5.75 Å². The Bertz CT molecular complexity index is 1490. The predicted molar refractivity (Wildman–Crippen MR) is 144 cm³/mol. The maximum atomic E-state index is 14.3. The minimum Gasteiger partial charge on any atom is -0.360 e. The lowest BCUT2D eigenvalue weighted by molar-refractivity contribution is -0.114. The number of aryl methyl sites for hydroxylation is 1. The van der Waals surface area contributed by atoms with Crippen LogP contribution < -0.4 is 16.0 Å². The fraction of sp³-hybridized carbons (Fsp3) is 0.0714. The Hall–Kier alpha value is -4.70. The van der Waals surface area contributed by atoms with Gasteiger partial charge in [-0.15, -0.1) is 11.8 Å². The second kappa shape index (κ2) is 12.5. The molecule has 0 saturated carbocycles. The summed E-state index contributed by atoms with van der Waals surface area (Å²) >= 11 is 1.26. The molecule has 8 nitrogen and oxygen atoms in total. The third-order valence-electron chi connectivity index (χ3n) is 5.09. The van der Waals surface area contributed by atoms with E-state index in [2.05, 4.69) is 21.1 Å². The first kappa shape index (κ1) is 26.4. The zero-order valence-corrected chi connectivity index (χ0v) is 21.1. The second-order valence-electron chi connectivity index (χ2n) is 8.04. The summed E-state index contributed by atoms with van der Waals surface area (Å²) in [6, 6.07) is 22.8. The fourth-order valence-corrected chi connectivity index (χ4v) is 4.06. The van der Waals surface area contributed by atoms with Crippen molar-refractivity contribution in [3.8, 4) is 0 Å². The predicted octanol–water partition coefficient (Wildman–Crippen LogP) is 5.26. The van der Waals surface area contributed by atoms with Gasteiger partial charge in [-0.05, 0) is 49.4 Å². The normalized spacial score (nSPS) is 11.1. The summed E-state index contributed by atoms with van der Waals surface area (Å²) in [7, 11) is 0. The van der Waals surface area contributed by atoms with Crippen LogP contribution in [0, 0.1) is 12.7 Å². The first-order valence-electron chi connectivity index (χ1n) is 11.5. The van der Waals surface area contributed by atoms with E-state index in [9.17, 15) is 18.8 Å². The zero-order chi connectivity index (χ0) is 26.9. The molecule has 0 aliphatic rings. The number of nitrogens with one attached hydrogen (secondary N) is 3. The molecular weight excluding hydrogens is 507 g/mol. The third kappa shape index (κ3) is 7.40. The lowest BCUT2D eigenvalue weighted by Crippen LogP contribution is -2.30. The van der Waals surface area contributed by atoms with Gasteiger partial charge in [-0.3, -0.25) is 14.4 Å². The molecule has 3 N–H and O–H groups in total. The summed E-state index contributed by atoms with van der Waals surface area (Å²) in [6.07, 6.45) is 1.28. The van der Waals surface area contributed by atoms with Crippen molar-refractivity contribution in [2.24, 2.45) is 0 Å². The van der Waals surface area contributed by atoms with Crippen molar-refractivity contribution in [1.29, 1.82) is 0 Å². The van der Waals surface area contributed by atoms with E-state index in [1.807, 2.05) is 0 Å². The molecule has 1 aromatic heterocycles. The number of anilines is 2. The Morgan fingerprint density at radius 2 is 1.71 bits per heavy atom. The van der Waals surface area contributed by atoms with E-state index in [0.29, 0.717) is 22.8 Å². The Kier molecular flexibility index (Phi) is 8.68. The summed E-state index contributed by atoms with van der Waals surface area (Å²) in [5.74, 6) is -0.935. The van der Waals surface area contributed by atoms with E-state index < -0.39 is 17.6 Å². The van der Waals surface area contributed by atoms with Crippen LogP contribution in [0.2, 0.25) is 0 Å². The Balaban J connectivity index is 1.46. The van der Waals surface area contributed by atoms with Crippen LogP contribution in [0.1, 0.15) is 21.7 Å². The molecule has 0 atom stereocenters. The Morgan fingerprint density at radius 3 is 2.45 bits per heavy atom. The number of hydrogen-bond acceptors (Lipinski definition) is 6. The van der Waals surface area contributed by atoms with Crippen molar-refractivity contribution in [3.63, 3.8) is 0 Å². The van der Waals surface area contributed by atoms with Gasteiger partial charge in [0.15, 0.2) is 5.82 Å². The van der Waals surface area contributed by atoms with Gasteiger partial charge >= 0.3 is 0 Å². The zero-order valence-electron chi connectivity index (χ0n) is 20.2. The number of rotatable bonds is 9. The highest BCUT2D eigenvalue weighted by molar-refractivity contribution is 8.00. The van der Waals surface area contributed by atoms with E-state index in [1.54, 1.807) is 73.7 Å². The molecular formula is C28H23FN4O4S. The molecule has 0 bridgehead atoms. The third-order valence-corrected chi connectivity index (χ3v) is 6.08. The van der Waals surface area contributed by atoms with Crippen LogP contribution in [0.5, 0.6) is 0 Å². The van der Waals surface area contributed by atoms with Gasteiger partial charge in [-0.2, -0.15) is 0 Å². The van der Waals surface area contributed by atoms with Gasteiger partial charge < -0.3 is 20.5 Å². The summed E-state index contributed by atoms with van der Waals surface area (Å²) in [6.45, 7) is 1.72. The number of carbonyl (C=O) groups excluding carboxylic acids is 3. The van der Waals surface area contributed by atoms with Crippen LogP contribution in [-0.2, 0) is 9.59 Å². The smallest absolute Gasteiger partial charge is 0.272 e. The molecule has 0 aliphatic carbocycles. The molecule has 4 rings (SSSR count). The Labute approximate surface area is 222 Å². The fourth-order valence-electron chi connectivity index (χ4n) is 3.31. The monoisotopic (exact) mass is 530 g/mol. The molecule has 38 heavy (non-hydrogen) atoms. The number of aromatic nitrogens is 1. The Morgan fingerprint density at radius 1 is 0.947 bits per heavy atom. The molecule has 1 heterocycles. The SMILES string of the molecule is Cc1cc(NC(=O)CSc2cccc(NC(=O)/C(=C/c3ccccc3F)NC(=O)c3ccccc3)c2)no1. The van der Waals surface area contributed by atoms with E-state index in [0.717, 1.165) is 4.90 Å². The maximum absolute atomic E-state index is 14.3. The molecule has 0 radical (unpaired) electrons. The topological polar surface area (TPSA) is 113 Å².